The van der Waals surface area contributed by atoms with Crippen LogP contribution in [0.2, 0.25) is 0 Å². The van der Waals surface area contributed by atoms with Gasteiger partial charge in [-0.25, -0.2) is 4.79 Å². The number of carbonyl (C=O) groups is 3. The zero-order valence-electron chi connectivity index (χ0n) is 14.3. The number of hydrogen-bond donors (Lipinski definition) is 2. The van der Waals surface area contributed by atoms with Crippen molar-refractivity contribution >= 4 is 17.9 Å². The number of rotatable bonds is 8. The molecule has 1 aromatic carbocycles. The van der Waals surface area contributed by atoms with Crippen molar-refractivity contribution in [2.24, 2.45) is 0 Å². The average Bonchev–Trinajstić information content (AvgIpc) is 2.53. The summed E-state index contributed by atoms with van der Waals surface area (Å²) < 4.78 is 10.5. The molecule has 0 radical (unpaired) electrons. The van der Waals surface area contributed by atoms with Gasteiger partial charge in [-0.1, -0.05) is 17.7 Å². The van der Waals surface area contributed by atoms with Crippen molar-refractivity contribution in [2.45, 2.75) is 39.7 Å². The number of nitrogens with one attached hydrogen (secondary N) is 2. The topological polar surface area (TPSA) is 93.7 Å². The first-order chi connectivity index (χ1) is 11.4. The maximum atomic E-state index is 11.7. The number of urea groups is 1. The molecule has 0 bridgehead atoms. The Kier molecular flexibility index (Phi) is 8.32. The molecule has 0 spiro atoms. The molecule has 2 N–H and O–H groups in total. The standard InChI is InChI=1S/C17H24N2O5/c1-4-18-17(22)19-16(21)13(3)24-15(20)6-5-11-23-14-9-7-12(2)8-10-14/h7-10,13H,4-6,11H2,1-3H3,(H2,18,19,21,22). The molecule has 3 amide bonds. The first-order valence-corrected chi connectivity index (χ1v) is 7.90. The van der Waals surface area contributed by atoms with Crippen molar-refractivity contribution in [3.05, 3.63) is 29.8 Å². The summed E-state index contributed by atoms with van der Waals surface area (Å²) in [5.41, 5.74) is 1.14. The number of ether oxygens (including phenoxy) is 2. The van der Waals surface area contributed by atoms with Gasteiger partial charge in [0.05, 0.1) is 6.61 Å². The third-order valence-corrected chi connectivity index (χ3v) is 3.07. The van der Waals surface area contributed by atoms with Crippen LogP contribution in [0, 0.1) is 6.92 Å². The molecular formula is C17H24N2O5. The number of amides is 3. The Morgan fingerprint density at radius 3 is 2.46 bits per heavy atom. The monoisotopic (exact) mass is 336 g/mol. The first kappa shape index (κ1) is 19.5. The number of hydrogen-bond acceptors (Lipinski definition) is 5. The number of aryl methyl sites for hydroxylation is 1. The van der Waals surface area contributed by atoms with E-state index >= 15 is 0 Å². The molecule has 0 saturated carbocycles. The molecule has 0 aromatic heterocycles. The second kappa shape index (κ2) is 10.3. The molecule has 0 fully saturated rings. The van der Waals surface area contributed by atoms with E-state index in [9.17, 15) is 14.4 Å². The van der Waals surface area contributed by atoms with Crippen molar-refractivity contribution in [2.75, 3.05) is 13.2 Å². The van der Waals surface area contributed by atoms with E-state index in [4.69, 9.17) is 9.47 Å². The van der Waals surface area contributed by atoms with Crippen molar-refractivity contribution < 1.29 is 23.9 Å². The van der Waals surface area contributed by atoms with E-state index in [0.29, 0.717) is 19.6 Å². The van der Waals surface area contributed by atoms with Crippen LogP contribution in [0.25, 0.3) is 0 Å². The fourth-order valence-corrected chi connectivity index (χ4v) is 1.77. The highest BCUT2D eigenvalue weighted by atomic mass is 16.5. The Balaban J connectivity index is 2.21. The van der Waals surface area contributed by atoms with Crippen molar-refractivity contribution in [1.82, 2.24) is 10.6 Å². The second-order valence-electron chi connectivity index (χ2n) is 5.25. The number of carbonyl (C=O) groups excluding carboxylic acids is 3. The third kappa shape index (κ3) is 7.62. The fourth-order valence-electron chi connectivity index (χ4n) is 1.77. The van der Waals surface area contributed by atoms with Crippen molar-refractivity contribution in [3.8, 4) is 5.75 Å². The van der Waals surface area contributed by atoms with E-state index in [0.717, 1.165) is 11.3 Å². The molecule has 0 heterocycles. The summed E-state index contributed by atoms with van der Waals surface area (Å²) in [4.78, 5) is 34.5. The molecule has 0 saturated heterocycles. The summed E-state index contributed by atoms with van der Waals surface area (Å²) in [6.07, 6.45) is -0.430. The normalized spacial score (nSPS) is 11.3. The molecular weight excluding hydrogens is 312 g/mol. The average molecular weight is 336 g/mol. The predicted octanol–water partition coefficient (Wildman–Crippen LogP) is 1.93. The van der Waals surface area contributed by atoms with Crippen LogP contribution < -0.4 is 15.4 Å². The van der Waals surface area contributed by atoms with Gasteiger partial charge < -0.3 is 14.8 Å². The number of benzene rings is 1. The largest absolute Gasteiger partial charge is 0.494 e. The third-order valence-electron chi connectivity index (χ3n) is 3.07. The molecule has 0 aliphatic carbocycles. The maximum absolute atomic E-state index is 11.7. The molecule has 1 unspecified atom stereocenters. The van der Waals surface area contributed by atoms with Crippen LogP contribution in [0.15, 0.2) is 24.3 Å². The smallest absolute Gasteiger partial charge is 0.321 e. The molecule has 24 heavy (non-hydrogen) atoms. The molecule has 132 valence electrons. The Hall–Kier alpha value is -2.57. The lowest BCUT2D eigenvalue weighted by atomic mass is 10.2. The molecule has 1 aromatic rings. The van der Waals surface area contributed by atoms with Gasteiger partial charge in [-0.05, 0) is 39.3 Å². The lowest BCUT2D eigenvalue weighted by Crippen LogP contribution is -2.44. The summed E-state index contributed by atoms with van der Waals surface area (Å²) >= 11 is 0. The van der Waals surface area contributed by atoms with E-state index in [-0.39, 0.29) is 6.42 Å². The summed E-state index contributed by atoms with van der Waals surface area (Å²) in [5.74, 6) is -0.435. The summed E-state index contributed by atoms with van der Waals surface area (Å²) in [5, 5.41) is 4.51. The highest BCUT2D eigenvalue weighted by Crippen LogP contribution is 2.12. The van der Waals surface area contributed by atoms with Crippen LogP contribution in [0.3, 0.4) is 0 Å². The Bertz CT molecular complexity index is 557. The molecule has 7 heteroatoms. The van der Waals surface area contributed by atoms with Crippen LogP contribution >= 0.6 is 0 Å². The highest BCUT2D eigenvalue weighted by molar-refractivity contribution is 5.97. The maximum Gasteiger partial charge on any atom is 0.321 e. The van der Waals surface area contributed by atoms with Gasteiger partial charge >= 0.3 is 12.0 Å². The quantitative estimate of drug-likeness (QED) is 0.559. The van der Waals surface area contributed by atoms with Gasteiger partial charge in [0.1, 0.15) is 5.75 Å². The molecule has 1 rings (SSSR count). The Labute approximate surface area is 141 Å². The lowest BCUT2D eigenvalue weighted by Gasteiger charge is -2.13. The van der Waals surface area contributed by atoms with Gasteiger partial charge in [-0.2, -0.15) is 0 Å². The predicted molar refractivity (Wildman–Crippen MR) is 88.7 cm³/mol. The van der Waals surface area contributed by atoms with Gasteiger partial charge in [0.15, 0.2) is 6.10 Å². The van der Waals surface area contributed by atoms with Crippen LogP contribution in [-0.2, 0) is 14.3 Å². The van der Waals surface area contributed by atoms with E-state index < -0.39 is 24.0 Å². The Morgan fingerprint density at radius 1 is 1.17 bits per heavy atom. The zero-order chi connectivity index (χ0) is 17.9. The van der Waals surface area contributed by atoms with E-state index in [2.05, 4.69) is 10.6 Å². The van der Waals surface area contributed by atoms with Crippen molar-refractivity contribution in [3.63, 3.8) is 0 Å². The zero-order valence-corrected chi connectivity index (χ0v) is 14.3. The van der Waals surface area contributed by atoms with Crippen LogP contribution in [-0.4, -0.2) is 37.2 Å². The molecule has 0 aliphatic rings. The number of esters is 1. The van der Waals surface area contributed by atoms with E-state index in [1.54, 1.807) is 6.92 Å². The lowest BCUT2D eigenvalue weighted by molar-refractivity contribution is -0.154. The molecule has 1 atom stereocenters. The van der Waals surface area contributed by atoms with Gasteiger partial charge in [-0.15, -0.1) is 0 Å². The SMILES string of the molecule is CCNC(=O)NC(=O)C(C)OC(=O)CCCOc1ccc(C)cc1. The minimum atomic E-state index is -1.03. The minimum absolute atomic E-state index is 0.130. The van der Waals surface area contributed by atoms with Crippen LogP contribution in [0.4, 0.5) is 4.79 Å². The van der Waals surface area contributed by atoms with Gasteiger partial charge in [0.2, 0.25) is 0 Å². The minimum Gasteiger partial charge on any atom is -0.494 e. The van der Waals surface area contributed by atoms with E-state index in [1.165, 1.54) is 6.92 Å². The summed E-state index contributed by atoms with van der Waals surface area (Å²) in [6, 6.07) is 7.00. The highest BCUT2D eigenvalue weighted by Gasteiger charge is 2.19. The van der Waals surface area contributed by atoms with Gasteiger partial charge in [0, 0.05) is 13.0 Å². The van der Waals surface area contributed by atoms with E-state index in [1.807, 2.05) is 31.2 Å². The summed E-state index contributed by atoms with van der Waals surface area (Å²) in [6.45, 7) is 5.90. The molecule has 7 nitrogen and oxygen atoms in total. The van der Waals surface area contributed by atoms with Gasteiger partial charge in [0.25, 0.3) is 5.91 Å². The van der Waals surface area contributed by atoms with Crippen molar-refractivity contribution in [1.29, 1.82) is 0 Å². The second-order valence-corrected chi connectivity index (χ2v) is 5.25. The van der Waals surface area contributed by atoms with Crippen LogP contribution in [0.1, 0.15) is 32.3 Å². The first-order valence-electron chi connectivity index (χ1n) is 7.90. The molecule has 0 aliphatic heterocycles. The summed E-state index contributed by atoms with van der Waals surface area (Å²) in [7, 11) is 0. The fraction of sp³-hybridized carbons (Fsp3) is 0.471. The van der Waals surface area contributed by atoms with Gasteiger partial charge in [-0.3, -0.25) is 14.9 Å². The Morgan fingerprint density at radius 2 is 1.83 bits per heavy atom. The van der Waals surface area contributed by atoms with Crippen LogP contribution in [0.5, 0.6) is 5.75 Å². The number of imide groups is 1.